The third-order valence-electron chi connectivity index (χ3n) is 6.38. The minimum atomic E-state index is -1.67. The van der Waals surface area contributed by atoms with Gasteiger partial charge < -0.3 is 35.2 Å². The van der Waals surface area contributed by atoms with E-state index in [2.05, 4.69) is 4.98 Å². The number of rotatable bonds is 5. The first-order valence-corrected chi connectivity index (χ1v) is 9.97. The van der Waals surface area contributed by atoms with Gasteiger partial charge in [0.1, 0.15) is 29.7 Å². The van der Waals surface area contributed by atoms with Crippen molar-refractivity contribution in [3.05, 3.63) is 47.7 Å². The second-order valence-corrected chi connectivity index (χ2v) is 8.43. The molecule has 1 aliphatic carbocycles. The zero-order valence-electron chi connectivity index (χ0n) is 17.2. The highest BCUT2D eigenvalue weighted by Gasteiger charge is 2.75. The Bertz CT molecular complexity index is 934. The zero-order chi connectivity index (χ0) is 21.8. The average molecular weight is 416 g/mol. The summed E-state index contributed by atoms with van der Waals surface area (Å²) in [6.45, 7) is 1.34. The quantitative estimate of drug-likeness (QED) is 0.461. The smallest absolute Gasteiger partial charge is 0.128 e. The summed E-state index contributed by atoms with van der Waals surface area (Å²) in [7, 11) is 3.84. The molecule has 0 bridgehead atoms. The lowest BCUT2D eigenvalue weighted by atomic mass is 9.89. The van der Waals surface area contributed by atoms with Gasteiger partial charge in [-0.2, -0.15) is 0 Å². The Morgan fingerprint density at radius 2 is 1.87 bits per heavy atom. The van der Waals surface area contributed by atoms with Crippen LogP contribution in [-0.2, 0) is 4.74 Å². The van der Waals surface area contributed by atoms with Gasteiger partial charge in [0, 0.05) is 20.3 Å². The molecule has 2 aromatic rings. The summed E-state index contributed by atoms with van der Waals surface area (Å²) in [5.74, 6) is -0.0255. The van der Waals surface area contributed by atoms with Gasteiger partial charge in [-0.1, -0.05) is 18.2 Å². The lowest BCUT2D eigenvalue weighted by molar-refractivity contribution is -0.213. The van der Waals surface area contributed by atoms with Crippen molar-refractivity contribution in [2.24, 2.45) is 5.92 Å². The summed E-state index contributed by atoms with van der Waals surface area (Å²) in [5, 5.41) is 51.5. The van der Waals surface area contributed by atoms with Crippen molar-refractivity contribution in [3.63, 3.8) is 0 Å². The van der Waals surface area contributed by atoms with Crippen LogP contribution in [0, 0.1) is 12.8 Å². The molecule has 0 radical (unpaired) electrons. The van der Waals surface area contributed by atoms with Crippen molar-refractivity contribution in [2.45, 2.75) is 43.0 Å². The zero-order valence-corrected chi connectivity index (χ0v) is 17.2. The van der Waals surface area contributed by atoms with Crippen LogP contribution in [0.3, 0.4) is 0 Å². The number of aliphatic hydroxyl groups excluding tert-OH is 4. The molecule has 1 saturated carbocycles. The van der Waals surface area contributed by atoms with E-state index in [0.717, 1.165) is 22.5 Å². The fourth-order valence-corrected chi connectivity index (χ4v) is 4.51. The van der Waals surface area contributed by atoms with Crippen LogP contribution in [0.15, 0.2) is 36.5 Å². The molecule has 162 valence electrons. The Morgan fingerprint density at radius 3 is 2.50 bits per heavy atom. The van der Waals surface area contributed by atoms with Gasteiger partial charge in [-0.25, -0.2) is 4.98 Å². The molecule has 0 amide bonds. The predicted octanol–water partition coefficient (Wildman–Crippen LogP) is -0.00118. The van der Waals surface area contributed by atoms with Gasteiger partial charge in [0.15, 0.2) is 0 Å². The van der Waals surface area contributed by atoms with Crippen LogP contribution in [0.1, 0.15) is 17.2 Å². The highest BCUT2D eigenvalue weighted by Crippen LogP contribution is 2.55. The van der Waals surface area contributed by atoms with Crippen LogP contribution in [0.5, 0.6) is 0 Å². The lowest BCUT2D eigenvalue weighted by Gasteiger charge is -2.38. The number of nitrogens with zero attached hydrogens (tertiary/aromatic N) is 2. The van der Waals surface area contributed by atoms with E-state index < -0.39 is 48.6 Å². The van der Waals surface area contributed by atoms with Gasteiger partial charge in [-0.15, -0.1) is 0 Å². The van der Waals surface area contributed by atoms with E-state index >= 15 is 0 Å². The summed E-state index contributed by atoms with van der Waals surface area (Å²) in [5.41, 5.74) is 1.64. The summed E-state index contributed by atoms with van der Waals surface area (Å²) >= 11 is 0. The number of aryl methyl sites for hydroxylation is 1. The maximum atomic E-state index is 10.9. The minimum absolute atomic E-state index is 0.520. The van der Waals surface area contributed by atoms with E-state index in [1.807, 2.05) is 50.2 Å². The molecule has 1 saturated heterocycles. The van der Waals surface area contributed by atoms with Gasteiger partial charge in [-0.05, 0) is 41.3 Å². The topological polar surface area (TPSA) is 127 Å². The maximum absolute atomic E-state index is 10.9. The van der Waals surface area contributed by atoms with E-state index in [1.165, 1.54) is 0 Å². The SMILES string of the molecule is Cc1cc(-c2ccnc(N(C)C)c2)ccc1[C@@H](O)[C@H]1OC(CO)C2(O)C(O)[C@@H]2C1O. The summed E-state index contributed by atoms with van der Waals surface area (Å²) < 4.78 is 5.63. The molecule has 2 aliphatic rings. The number of hydrogen-bond acceptors (Lipinski definition) is 8. The van der Waals surface area contributed by atoms with Gasteiger partial charge in [-0.3, -0.25) is 0 Å². The van der Waals surface area contributed by atoms with E-state index in [1.54, 1.807) is 12.3 Å². The molecular weight excluding hydrogens is 388 g/mol. The maximum Gasteiger partial charge on any atom is 0.128 e. The minimum Gasteiger partial charge on any atom is -0.394 e. The molecule has 1 aromatic heterocycles. The van der Waals surface area contributed by atoms with E-state index in [-0.39, 0.29) is 0 Å². The fourth-order valence-electron chi connectivity index (χ4n) is 4.51. The van der Waals surface area contributed by atoms with Gasteiger partial charge in [0.05, 0.1) is 24.7 Å². The summed E-state index contributed by atoms with van der Waals surface area (Å²) in [4.78, 5) is 6.24. The first-order valence-electron chi connectivity index (χ1n) is 9.97. The highest BCUT2D eigenvalue weighted by atomic mass is 16.6. The fraction of sp³-hybridized carbons (Fsp3) is 0.500. The van der Waals surface area contributed by atoms with Gasteiger partial charge in [0.25, 0.3) is 0 Å². The summed E-state index contributed by atoms with van der Waals surface area (Å²) in [6.07, 6.45) is -4.04. The number of aromatic nitrogens is 1. The lowest BCUT2D eigenvalue weighted by Crippen LogP contribution is -2.52. The average Bonchev–Trinajstić information content (AvgIpc) is 3.30. The van der Waals surface area contributed by atoms with Crippen LogP contribution in [-0.4, -0.2) is 81.2 Å². The standard InChI is InChI=1S/C22H28N2O6/c1-11-8-12(13-6-7-23-16(9-13)24(2)3)4-5-14(11)18(26)20-19(27)17-21(28)22(17,29)15(10-25)30-20/h4-9,15,17-21,25-29H,10H2,1-3H3/t15?,17-,18+,19?,20+,21?,22?/m0/s1. The Balaban J connectivity index is 1.60. The monoisotopic (exact) mass is 416 g/mol. The second kappa shape index (κ2) is 7.56. The van der Waals surface area contributed by atoms with Crippen molar-refractivity contribution in [1.82, 2.24) is 4.98 Å². The predicted molar refractivity (Wildman–Crippen MR) is 110 cm³/mol. The molecule has 2 fully saturated rings. The third-order valence-corrected chi connectivity index (χ3v) is 6.38. The van der Waals surface area contributed by atoms with Crippen molar-refractivity contribution in [1.29, 1.82) is 0 Å². The number of fused-ring (bicyclic) bond motifs is 1. The Hall–Kier alpha value is -2.07. The molecule has 0 spiro atoms. The van der Waals surface area contributed by atoms with Crippen LogP contribution in [0.25, 0.3) is 11.1 Å². The molecule has 1 aromatic carbocycles. The first kappa shape index (κ1) is 21.2. The van der Waals surface area contributed by atoms with Crippen molar-refractivity contribution in [2.75, 3.05) is 25.6 Å². The molecule has 2 heterocycles. The van der Waals surface area contributed by atoms with Gasteiger partial charge >= 0.3 is 0 Å². The number of pyridine rings is 1. The van der Waals surface area contributed by atoms with Crippen LogP contribution in [0.4, 0.5) is 5.82 Å². The van der Waals surface area contributed by atoms with E-state index in [9.17, 15) is 25.5 Å². The van der Waals surface area contributed by atoms with Gasteiger partial charge in [0.2, 0.25) is 0 Å². The van der Waals surface area contributed by atoms with Crippen LogP contribution < -0.4 is 4.90 Å². The van der Waals surface area contributed by atoms with E-state index in [4.69, 9.17) is 4.74 Å². The normalized spacial score (nSPS) is 33.7. The first-order chi connectivity index (χ1) is 14.2. The molecule has 4 unspecified atom stereocenters. The second-order valence-electron chi connectivity index (χ2n) is 8.43. The number of hydrogen-bond donors (Lipinski definition) is 5. The molecule has 30 heavy (non-hydrogen) atoms. The highest BCUT2D eigenvalue weighted by molar-refractivity contribution is 5.67. The largest absolute Gasteiger partial charge is 0.394 e. The molecule has 4 rings (SSSR count). The third kappa shape index (κ3) is 3.20. The molecule has 5 N–H and O–H groups in total. The Morgan fingerprint density at radius 1 is 1.17 bits per heavy atom. The molecular formula is C22H28N2O6. The van der Waals surface area contributed by atoms with Crippen LogP contribution in [0.2, 0.25) is 0 Å². The van der Waals surface area contributed by atoms with Crippen LogP contribution >= 0.6 is 0 Å². The van der Waals surface area contributed by atoms with Crippen molar-refractivity contribution >= 4 is 5.82 Å². The molecule has 8 nitrogen and oxygen atoms in total. The van der Waals surface area contributed by atoms with Crippen molar-refractivity contribution < 1.29 is 30.3 Å². The van der Waals surface area contributed by atoms with E-state index in [0.29, 0.717) is 5.56 Å². The Kier molecular flexibility index (Phi) is 5.34. The summed E-state index contributed by atoms with van der Waals surface area (Å²) in [6, 6.07) is 9.47. The molecule has 1 aliphatic heterocycles. The number of ether oxygens (including phenoxy) is 1. The Labute approximate surface area is 175 Å². The van der Waals surface area contributed by atoms with Crippen molar-refractivity contribution in [3.8, 4) is 11.1 Å². The number of anilines is 1. The molecule has 8 heteroatoms. The molecule has 7 atom stereocenters. The number of aliphatic hydroxyl groups is 5. The number of benzene rings is 1.